The molecular formula is C10H22N2O2S. The number of carbonyl (C=O) groups is 1. The Kier molecular flexibility index (Phi) is 6.76. The highest BCUT2D eigenvalue weighted by molar-refractivity contribution is 7.87. The molecule has 0 aliphatic heterocycles. The van der Waals surface area contributed by atoms with E-state index in [0.29, 0.717) is 19.0 Å². The molecule has 0 aliphatic carbocycles. The molecule has 0 spiro atoms. The van der Waals surface area contributed by atoms with Crippen LogP contribution in [0.15, 0.2) is 0 Å². The zero-order valence-electron chi connectivity index (χ0n) is 9.95. The first-order valence-corrected chi connectivity index (χ1v) is 6.54. The predicted octanol–water partition coefficient (Wildman–Crippen LogP) is 0.243. The van der Waals surface area contributed by atoms with Crippen LogP contribution in [0.2, 0.25) is 0 Å². The van der Waals surface area contributed by atoms with Gasteiger partial charge in [-0.25, -0.2) is 0 Å². The number of nitrogens with one attached hydrogen (secondary N) is 1. The smallest absolute Gasteiger partial charge is 0.235 e. The second kappa shape index (κ2) is 6.95. The van der Waals surface area contributed by atoms with Gasteiger partial charge in [-0.3, -0.25) is 9.00 Å². The number of nitrogens with two attached hydrogens (primary N) is 1. The van der Waals surface area contributed by atoms with Crippen LogP contribution in [-0.2, 0) is 15.6 Å². The van der Waals surface area contributed by atoms with Crippen LogP contribution in [0.25, 0.3) is 0 Å². The molecule has 0 bridgehead atoms. The van der Waals surface area contributed by atoms with Gasteiger partial charge in [-0.2, -0.15) is 0 Å². The van der Waals surface area contributed by atoms with E-state index in [1.165, 1.54) is 0 Å². The Hall–Kier alpha value is -0.420. The van der Waals surface area contributed by atoms with Crippen LogP contribution in [-0.4, -0.2) is 33.7 Å². The zero-order valence-corrected chi connectivity index (χ0v) is 10.8. The first kappa shape index (κ1) is 14.6. The second-order valence-corrected chi connectivity index (χ2v) is 6.32. The third-order valence-corrected chi connectivity index (χ3v) is 4.03. The summed E-state index contributed by atoms with van der Waals surface area (Å²) in [5.74, 6) is 0.254. The molecule has 3 N–H and O–H groups in total. The number of amides is 1. The Morgan fingerprint density at radius 1 is 1.33 bits per heavy atom. The van der Waals surface area contributed by atoms with Crippen molar-refractivity contribution in [2.75, 3.05) is 13.1 Å². The van der Waals surface area contributed by atoms with Gasteiger partial charge in [0.25, 0.3) is 0 Å². The van der Waals surface area contributed by atoms with E-state index in [9.17, 15) is 9.00 Å². The maximum absolute atomic E-state index is 11.7. The van der Waals surface area contributed by atoms with Crippen LogP contribution >= 0.6 is 0 Å². The summed E-state index contributed by atoms with van der Waals surface area (Å²) in [6, 6.07) is 0. The first-order chi connectivity index (χ1) is 6.90. The lowest BCUT2D eigenvalue weighted by Gasteiger charge is -2.16. The number of carbonyl (C=O) groups excluding carboxylic acids is 1. The van der Waals surface area contributed by atoms with Gasteiger partial charge in [0.2, 0.25) is 5.91 Å². The molecule has 0 aliphatic rings. The zero-order chi connectivity index (χ0) is 12.0. The van der Waals surface area contributed by atoms with Crippen molar-refractivity contribution in [3.05, 3.63) is 0 Å². The fraction of sp³-hybridized carbons (Fsp3) is 0.900. The highest BCUT2D eigenvalue weighted by Crippen LogP contribution is 2.03. The van der Waals surface area contributed by atoms with Gasteiger partial charge in [0.15, 0.2) is 0 Å². The Morgan fingerprint density at radius 2 is 1.87 bits per heavy atom. The standard InChI is InChI=1S/C10H22N2O2S/c1-7(2)6-12-10(13)9(4)15(14)8(3)5-11/h7-9H,5-6,11H2,1-4H3,(H,12,13). The maximum Gasteiger partial charge on any atom is 0.235 e. The molecule has 0 saturated carbocycles. The van der Waals surface area contributed by atoms with Crippen molar-refractivity contribution in [1.29, 1.82) is 0 Å². The lowest BCUT2D eigenvalue weighted by molar-refractivity contribution is -0.120. The molecule has 4 nitrogen and oxygen atoms in total. The van der Waals surface area contributed by atoms with Crippen molar-refractivity contribution >= 4 is 16.7 Å². The fourth-order valence-corrected chi connectivity index (χ4v) is 2.18. The number of hydrogen-bond acceptors (Lipinski definition) is 3. The summed E-state index contributed by atoms with van der Waals surface area (Å²) >= 11 is 0. The highest BCUT2D eigenvalue weighted by Gasteiger charge is 2.23. The molecule has 3 atom stereocenters. The van der Waals surface area contributed by atoms with Crippen LogP contribution in [0.1, 0.15) is 27.7 Å². The molecule has 0 aromatic carbocycles. The van der Waals surface area contributed by atoms with Crippen molar-refractivity contribution in [2.45, 2.75) is 38.2 Å². The Labute approximate surface area is 94.4 Å². The molecule has 90 valence electrons. The van der Waals surface area contributed by atoms with E-state index in [0.717, 1.165) is 0 Å². The summed E-state index contributed by atoms with van der Waals surface area (Å²) in [5, 5.41) is 2.15. The third-order valence-electron chi connectivity index (χ3n) is 2.13. The summed E-state index contributed by atoms with van der Waals surface area (Å²) < 4.78 is 11.7. The van der Waals surface area contributed by atoms with Gasteiger partial charge >= 0.3 is 0 Å². The molecule has 0 rings (SSSR count). The van der Waals surface area contributed by atoms with Crippen LogP contribution in [0, 0.1) is 5.92 Å². The average Bonchev–Trinajstić information content (AvgIpc) is 2.22. The van der Waals surface area contributed by atoms with E-state index in [1.807, 2.05) is 13.8 Å². The lowest BCUT2D eigenvalue weighted by Crippen LogP contribution is -2.41. The molecule has 5 heteroatoms. The quantitative estimate of drug-likeness (QED) is 0.691. The molecule has 0 heterocycles. The minimum Gasteiger partial charge on any atom is -0.355 e. The van der Waals surface area contributed by atoms with Crippen LogP contribution in [0.4, 0.5) is 0 Å². The summed E-state index contributed by atoms with van der Waals surface area (Å²) in [7, 11) is -1.19. The Bertz CT molecular complexity index is 231. The van der Waals surface area contributed by atoms with Gasteiger partial charge in [0, 0.05) is 29.1 Å². The van der Waals surface area contributed by atoms with Crippen molar-refractivity contribution in [2.24, 2.45) is 11.7 Å². The molecule has 1 amide bonds. The SMILES string of the molecule is CC(C)CNC(=O)C(C)S(=O)C(C)CN. The fourth-order valence-electron chi connectivity index (χ4n) is 0.997. The molecule has 0 fully saturated rings. The van der Waals surface area contributed by atoms with Crippen LogP contribution in [0.3, 0.4) is 0 Å². The Balaban J connectivity index is 4.14. The molecule has 15 heavy (non-hydrogen) atoms. The van der Waals surface area contributed by atoms with Crippen LogP contribution < -0.4 is 11.1 Å². The van der Waals surface area contributed by atoms with Crippen molar-refractivity contribution < 1.29 is 9.00 Å². The van der Waals surface area contributed by atoms with Gasteiger partial charge in [-0.15, -0.1) is 0 Å². The van der Waals surface area contributed by atoms with Crippen molar-refractivity contribution in [1.82, 2.24) is 5.32 Å². The van der Waals surface area contributed by atoms with E-state index in [2.05, 4.69) is 5.32 Å². The van der Waals surface area contributed by atoms with Gasteiger partial charge in [-0.05, 0) is 19.8 Å². The van der Waals surface area contributed by atoms with Gasteiger partial charge in [0.1, 0.15) is 5.25 Å². The molecule has 3 unspecified atom stereocenters. The molecule has 0 aromatic heterocycles. The Morgan fingerprint density at radius 3 is 2.27 bits per heavy atom. The largest absolute Gasteiger partial charge is 0.355 e. The number of rotatable bonds is 6. The monoisotopic (exact) mass is 234 g/mol. The molecule has 0 aromatic rings. The van der Waals surface area contributed by atoms with Crippen molar-refractivity contribution in [3.8, 4) is 0 Å². The first-order valence-electron chi connectivity index (χ1n) is 5.27. The van der Waals surface area contributed by atoms with E-state index in [4.69, 9.17) is 5.73 Å². The number of hydrogen-bond donors (Lipinski definition) is 2. The summed E-state index contributed by atoms with van der Waals surface area (Å²) in [6.45, 7) is 8.47. The highest BCUT2D eigenvalue weighted by atomic mass is 32.2. The van der Waals surface area contributed by atoms with Crippen LogP contribution in [0.5, 0.6) is 0 Å². The minimum absolute atomic E-state index is 0.134. The lowest BCUT2D eigenvalue weighted by atomic mass is 10.2. The second-order valence-electron chi connectivity index (χ2n) is 4.16. The van der Waals surface area contributed by atoms with Crippen molar-refractivity contribution in [3.63, 3.8) is 0 Å². The normalized spacial score (nSPS) is 17.2. The van der Waals surface area contributed by atoms with Gasteiger partial charge in [0.05, 0.1) is 0 Å². The van der Waals surface area contributed by atoms with Gasteiger partial charge < -0.3 is 11.1 Å². The molecule has 0 radical (unpaired) electrons. The maximum atomic E-state index is 11.7. The molecule has 0 saturated heterocycles. The topological polar surface area (TPSA) is 72.2 Å². The minimum atomic E-state index is -1.19. The summed E-state index contributed by atoms with van der Waals surface area (Å²) in [4.78, 5) is 11.6. The van der Waals surface area contributed by atoms with E-state index in [-0.39, 0.29) is 11.2 Å². The average molecular weight is 234 g/mol. The third kappa shape index (κ3) is 5.28. The van der Waals surface area contributed by atoms with E-state index in [1.54, 1.807) is 13.8 Å². The molecular weight excluding hydrogens is 212 g/mol. The van der Waals surface area contributed by atoms with Gasteiger partial charge in [-0.1, -0.05) is 13.8 Å². The summed E-state index contributed by atoms with van der Waals surface area (Å²) in [5.41, 5.74) is 5.41. The van der Waals surface area contributed by atoms with E-state index < -0.39 is 16.0 Å². The summed E-state index contributed by atoms with van der Waals surface area (Å²) in [6.07, 6.45) is 0. The van der Waals surface area contributed by atoms with E-state index >= 15 is 0 Å². The predicted molar refractivity (Wildman–Crippen MR) is 64.0 cm³/mol.